The van der Waals surface area contributed by atoms with Crippen LogP contribution in [-0.4, -0.2) is 28.8 Å². The van der Waals surface area contributed by atoms with Gasteiger partial charge in [-0.15, -0.1) is 12.4 Å². The minimum Gasteiger partial charge on any atom is -0.464 e. The van der Waals surface area contributed by atoms with Crippen LogP contribution in [0.5, 0.6) is 0 Å². The SMILES string of the molecule is Cc1ccc(C(C)NC(=O)c2ccn(C3CCCNC3)n2)o1.Cl. The molecule has 6 nitrogen and oxygen atoms in total. The zero-order valence-electron chi connectivity index (χ0n) is 13.4. The third-order valence-electron chi connectivity index (χ3n) is 4.02. The van der Waals surface area contributed by atoms with Crippen LogP contribution in [-0.2, 0) is 0 Å². The summed E-state index contributed by atoms with van der Waals surface area (Å²) in [6.07, 6.45) is 4.12. The van der Waals surface area contributed by atoms with Gasteiger partial charge in [0.05, 0.1) is 12.1 Å². The molecule has 2 N–H and O–H groups in total. The van der Waals surface area contributed by atoms with Crippen LogP contribution in [0.25, 0.3) is 0 Å². The number of nitrogens with zero attached hydrogens (tertiary/aromatic N) is 2. The van der Waals surface area contributed by atoms with Gasteiger partial charge in [0.2, 0.25) is 0 Å². The standard InChI is InChI=1S/C16H22N4O2.ClH/c1-11-5-6-15(22-11)12(2)18-16(21)14-7-9-20(19-14)13-4-3-8-17-10-13;/h5-7,9,12-13,17H,3-4,8,10H2,1-2H3,(H,18,21);1H. The zero-order chi connectivity index (χ0) is 15.5. The second-order valence-electron chi connectivity index (χ2n) is 5.82. The maximum absolute atomic E-state index is 12.3. The summed E-state index contributed by atoms with van der Waals surface area (Å²) in [6.45, 7) is 5.76. The van der Waals surface area contributed by atoms with Crippen molar-refractivity contribution >= 4 is 18.3 Å². The van der Waals surface area contributed by atoms with Crippen molar-refractivity contribution in [2.24, 2.45) is 0 Å². The minimum atomic E-state index is -0.178. The molecule has 0 spiro atoms. The molecule has 0 saturated carbocycles. The van der Waals surface area contributed by atoms with E-state index in [1.165, 1.54) is 0 Å². The Balaban J connectivity index is 0.00000192. The number of hydrogen-bond acceptors (Lipinski definition) is 4. The Morgan fingerprint density at radius 2 is 2.30 bits per heavy atom. The Hall–Kier alpha value is -1.79. The lowest BCUT2D eigenvalue weighted by Crippen LogP contribution is -2.32. The van der Waals surface area contributed by atoms with Crippen LogP contribution in [0.3, 0.4) is 0 Å². The van der Waals surface area contributed by atoms with Crippen LogP contribution in [0.15, 0.2) is 28.8 Å². The molecule has 3 heterocycles. The maximum Gasteiger partial charge on any atom is 0.272 e. The maximum atomic E-state index is 12.3. The van der Waals surface area contributed by atoms with E-state index in [-0.39, 0.29) is 24.4 Å². The molecule has 2 aromatic heterocycles. The number of nitrogens with one attached hydrogen (secondary N) is 2. The fourth-order valence-electron chi connectivity index (χ4n) is 2.75. The molecule has 1 aliphatic heterocycles. The van der Waals surface area contributed by atoms with Crippen LogP contribution in [0, 0.1) is 6.92 Å². The molecular formula is C16H23ClN4O2. The van der Waals surface area contributed by atoms with E-state index < -0.39 is 0 Å². The predicted molar refractivity (Wildman–Crippen MR) is 89.9 cm³/mol. The highest BCUT2D eigenvalue weighted by Gasteiger charge is 2.19. The highest BCUT2D eigenvalue weighted by molar-refractivity contribution is 5.92. The lowest BCUT2D eigenvalue weighted by Gasteiger charge is -2.22. The van der Waals surface area contributed by atoms with E-state index in [0.717, 1.165) is 37.5 Å². The molecule has 2 aromatic rings. The number of amides is 1. The van der Waals surface area contributed by atoms with Gasteiger partial charge in [-0.2, -0.15) is 5.10 Å². The molecule has 0 aliphatic carbocycles. The van der Waals surface area contributed by atoms with Crippen molar-refractivity contribution in [3.8, 4) is 0 Å². The molecule has 7 heteroatoms. The summed E-state index contributed by atoms with van der Waals surface area (Å²) < 4.78 is 7.43. The number of rotatable bonds is 4. The van der Waals surface area contributed by atoms with Crippen LogP contribution in [0.2, 0.25) is 0 Å². The number of piperidine rings is 1. The average molecular weight is 339 g/mol. The second-order valence-corrected chi connectivity index (χ2v) is 5.82. The van der Waals surface area contributed by atoms with E-state index in [2.05, 4.69) is 15.7 Å². The molecule has 2 unspecified atom stereocenters. The normalized spacial score (nSPS) is 19.0. The van der Waals surface area contributed by atoms with Gasteiger partial charge in [0.15, 0.2) is 0 Å². The van der Waals surface area contributed by atoms with Crippen molar-refractivity contribution in [3.05, 3.63) is 41.6 Å². The first-order valence-corrected chi connectivity index (χ1v) is 7.76. The zero-order valence-corrected chi connectivity index (χ0v) is 14.2. The summed E-state index contributed by atoms with van der Waals surface area (Å²) in [4.78, 5) is 12.3. The van der Waals surface area contributed by atoms with Gasteiger partial charge >= 0.3 is 0 Å². The van der Waals surface area contributed by atoms with Gasteiger partial charge in [-0.05, 0) is 51.4 Å². The van der Waals surface area contributed by atoms with Crippen molar-refractivity contribution in [3.63, 3.8) is 0 Å². The first-order chi connectivity index (χ1) is 10.6. The molecule has 3 rings (SSSR count). The van der Waals surface area contributed by atoms with Crippen molar-refractivity contribution in [1.29, 1.82) is 0 Å². The molecule has 1 fully saturated rings. The topological polar surface area (TPSA) is 72.1 Å². The van der Waals surface area contributed by atoms with E-state index in [1.54, 1.807) is 6.07 Å². The van der Waals surface area contributed by atoms with E-state index in [9.17, 15) is 4.79 Å². The number of furan rings is 1. The van der Waals surface area contributed by atoms with E-state index in [4.69, 9.17) is 4.42 Å². The molecule has 1 aliphatic rings. The first kappa shape index (κ1) is 17.6. The third kappa shape index (κ3) is 4.14. The largest absolute Gasteiger partial charge is 0.464 e. The van der Waals surface area contributed by atoms with Gasteiger partial charge in [-0.25, -0.2) is 0 Å². The lowest BCUT2D eigenvalue weighted by molar-refractivity contribution is 0.0928. The molecule has 1 saturated heterocycles. The monoisotopic (exact) mass is 338 g/mol. The molecular weight excluding hydrogens is 316 g/mol. The van der Waals surface area contributed by atoms with Crippen LogP contribution >= 0.6 is 12.4 Å². The molecule has 0 radical (unpaired) electrons. The molecule has 0 aromatic carbocycles. The summed E-state index contributed by atoms with van der Waals surface area (Å²) in [5.74, 6) is 1.41. The van der Waals surface area contributed by atoms with Crippen molar-refractivity contribution < 1.29 is 9.21 Å². The summed E-state index contributed by atoms with van der Waals surface area (Å²) in [5.41, 5.74) is 0.445. The minimum absolute atomic E-state index is 0. The van der Waals surface area contributed by atoms with Crippen LogP contribution < -0.4 is 10.6 Å². The van der Waals surface area contributed by atoms with Gasteiger partial charge in [0, 0.05) is 12.7 Å². The molecule has 2 atom stereocenters. The number of halogens is 1. The van der Waals surface area contributed by atoms with E-state index >= 15 is 0 Å². The Kier molecular flexibility index (Phi) is 5.85. The van der Waals surface area contributed by atoms with Crippen LogP contribution in [0.4, 0.5) is 0 Å². The number of aryl methyl sites for hydroxylation is 1. The fourth-order valence-corrected chi connectivity index (χ4v) is 2.75. The Morgan fingerprint density at radius 1 is 1.48 bits per heavy atom. The quantitative estimate of drug-likeness (QED) is 0.899. The lowest BCUT2D eigenvalue weighted by atomic mass is 10.1. The number of aromatic nitrogens is 2. The van der Waals surface area contributed by atoms with Crippen molar-refractivity contribution in [2.45, 2.75) is 38.8 Å². The van der Waals surface area contributed by atoms with E-state index in [1.807, 2.05) is 36.9 Å². The highest BCUT2D eigenvalue weighted by atomic mass is 35.5. The summed E-state index contributed by atoms with van der Waals surface area (Å²) in [7, 11) is 0. The van der Waals surface area contributed by atoms with Crippen molar-refractivity contribution in [2.75, 3.05) is 13.1 Å². The summed E-state index contributed by atoms with van der Waals surface area (Å²) in [5, 5.41) is 10.7. The first-order valence-electron chi connectivity index (χ1n) is 7.76. The van der Waals surface area contributed by atoms with E-state index in [0.29, 0.717) is 11.7 Å². The molecule has 126 valence electrons. The third-order valence-corrected chi connectivity index (χ3v) is 4.02. The summed E-state index contributed by atoms with van der Waals surface area (Å²) >= 11 is 0. The van der Waals surface area contributed by atoms with Crippen LogP contribution in [0.1, 0.15) is 53.9 Å². The summed E-state index contributed by atoms with van der Waals surface area (Å²) in [6, 6.07) is 5.70. The number of carbonyl (C=O) groups is 1. The fraction of sp³-hybridized carbons (Fsp3) is 0.500. The molecule has 23 heavy (non-hydrogen) atoms. The predicted octanol–water partition coefficient (Wildman–Crippen LogP) is 2.62. The number of hydrogen-bond donors (Lipinski definition) is 2. The van der Waals surface area contributed by atoms with Crippen molar-refractivity contribution in [1.82, 2.24) is 20.4 Å². The second kappa shape index (κ2) is 7.66. The van der Waals surface area contributed by atoms with Gasteiger partial charge in [0.25, 0.3) is 5.91 Å². The average Bonchev–Trinajstić information content (AvgIpc) is 3.17. The molecule has 1 amide bonds. The Morgan fingerprint density at radius 3 is 2.96 bits per heavy atom. The van der Waals surface area contributed by atoms with Gasteiger partial charge in [-0.1, -0.05) is 0 Å². The number of carbonyl (C=O) groups excluding carboxylic acids is 1. The smallest absolute Gasteiger partial charge is 0.272 e. The Bertz CT molecular complexity index is 646. The Labute approximate surface area is 142 Å². The van der Waals surface area contributed by atoms with Gasteiger partial charge in [-0.3, -0.25) is 9.48 Å². The van der Waals surface area contributed by atoms with Gasteiger partial charge < -0.3 is 15.1 Å². The highest BCUT2D eigenvalue weighted by Crippen LogP contribution is 2.18. The molecule has 0 bridgehead atoms. The van der Waals surface area contributed by atoms with Gasteiger partial charge in [0.1, 0.15) is 17.2 Å².